The molecule has 0 atom stereocenters. The Bertz CT molecular complexity index is 1290. The minimum Gasteiger partial charge on any atom is -0.456 e. The van der Waals surface area contributed by atoms with Crippen molar-refractivity contribution in [2.45, 2.75) is 0 Å². The van der Waals surface area contributed by atoms with Gasteiger partial charge >= 0.3 is 0 Å². The third-order valence-corrected chi connectivity index (χ3v) is 6.08. The van der Waals surface area contributed by atoms with Crippen molar-refractivity contribution in [3.63, 3.8) is 0 Å². The van der Waals surface area contributed by atoms with Crippen LogP contribution in [0.5, 0.6) is 0 Å². The van der Waals surface area contributed by atoms with Crippen LogP contribution in [0.3, 0.4) is 0 Å². The number of hydrogen-bond acceptors (Lipinski definition) is 6. The van der Waals surface area contributed by atoms with Crippen LogP contribution in [0.1, 0.15) is 5.76 Å². The van der Waals surface area contributed by atoms with Gasteiger partial charge in [0.1, 0.15) is 11.5 Å². The zero-order valence-corrected chi connectivity index (χ0v) is 18.3. The fourth-order valence-electron chi connectivity index (χ4n) is 2.74. The lowest BCUT2D eigenvalue weighted by atomic mass is 10.1. The summed E-state index contributed by atoms with van der Waals surface area (Å²) >= 11 is 19.1. The molecule has 3 aromatic rings. The second-order valence-electron chi connectivity index (χ2n) is 6.18. The Balaban J connectivity index is 1.60. The molecule has 0 aliphatic carbocycles. The normalized spacial score (nSPS) is 16.2. The molecule has 7 nitrogen and oxygen atoms in total. The Morgan fingerprint density at radius 3 is 2.71 bits per heavy atom. The minimum absolute atomic E-state index is 0.179. The molecule has 1 N–H and O–H groups in total. The van der Waals surface area contributed by atoms with Crippen molar-refractivity contribution in [2.24, 2.45) is 4.99 Å². The van der Waals surface area contributed by atoms with Crippen LogP contribution >= 0.6 is 46.6 Å². The second-order valence-corrected chi connectivity index (χ2v) is 8.43. The molecule has 11 heteroatoms. The number of amidine groups is 1. The summed E-state index contributed by atoms with van der Waals surface area (Å²) in [5, 5.41) is 15.2. The smallest absolute Gasteiger partial charge is 0.281 e. The summed E-state index contributed by atoms with van der Waals surface area (Å²) in [6, 6.07) is 12.5. The summed E-state index contributed by atoms with van der Waals surface area (Å²) in [6.07, 6.45) is 1.52. The van der Waals surface area contributed by atoms with Gasteiger partial charge in [-0.1, -0.05) is 40.9 Å². The number of benzene rings is 2. The molecular formula is C20H10Cl3N3O4S. The largest absolute Gasteiger partial charge is 0.456 e. The average Bonchev–Trinajstić information content (AvgIpc) is 3.32. The van der Waals surface area contributed by atoms with Crippen molar-refractivity contribution in [3.8, 4) is 11.3 Å². The number of nitrogens with zero attached hydrogens (tertiary/aromatic N) is 2. The number of carbonyl (C=O) groups is 1. The first-order valence-corrected chi connectivity index (χ1v) is 10.5. The van der Waals surface area contributed by atoms with E-state index < -0.39 is 4.92 Å². The molecule has 1 amide bonds. The lowest BCUT2D eigenvalue weighted by molar-refractivity contribution is -0.384. The van der Waals surface area contributed by atoms with E-state index in [0.717, 1.165) is 11.8 Å². The highest BCUT2D eigenvalue weighted by molar-refractivity contribution is 8.18. The molecule has 0 saturated carbocycles. The Morgan fingerprint density at radius 2 is 1.94 bits per heavy atom. The number of amides is 1. The van der Waals surface area contributed by atoms with Gasteiger partial charge in [0.2, 0.25) is 0 Å². The van der Waals surface area contributed by atoms with Gasteiger partial charge in [0.25, 0.3) is 11.6 Å². The predicted octanol–water partition coefficient (Wildman–Crippen LogP) is 6.71. The number of aliphatic imine (C=N–C) groups is 1. The van der Waals surface area contributed by atoms with Crippen LogP contribution in [0.25, 0.3) is 17.4 Å². The molecule has 156 valence electrons. The molecule has 0 spiro atoms. The van der Waals surface area contributed by atoms with Gasteiger partial charge in [0.05, 0.1) is 31.1 Å². The lowest BCUT2D eigenvalue weighted by Crippen LogP contribution is -2.19. The third-order valence-electron chi connectivity index (χ3n) is 4.13. The first-order valence-electron chi connectivity index (χ1n) is 8.59. The van der Waals surface area contributed by atoms with Gasteiger partial charge in [-0.15, -0.1) is 0 Å². The number of nitro groups is 1. The first-order chi connectivity index (χ1) is 14.8. The molecule has 1 aromatic heterocycles. The van der Waals surface area contributed by atoms with Gasteiger partial charge in [0.15, 0.2) is 5.17 Å². The van der Waals surface area contributed by atoms with E-state index in [1.54, 1.807) is 30.3 Å². The Morgan fingerprint density at radius 1 is 1.13 bits per heavy atom. The number of halogens is 3. The van der Waals surface area contributed by atoms with Gasteiger partial charge in [-0.3, -0.25) is 14.9 Å². The SMILES string of the molecule is O=C1NC(=Nc2cccc(Cl)c2Cl)S/C1=C/c1ccc(-c2ccc(Cl)cc2[N+](=O)[O-])o1. The molecule has 31 heavy (non-hydrogen) atoms. The molecule has 2 heterocycles. The summed E-state index contributed by atoms with van der Waals surface area (Å²) in [5.41, 5.74) is 0.524. The van der Waals surface area contributed by atoms with Crippen LogP contribution < -0.4 is 5.32 Å². The summed E-state index contributed by atoms with van der Waals surface area (Å²) < 4.78 is 5.70. The summed E-state index contributed by atoms with van der Waals surface area (Å²) in [7, 11) is 0. The third kappa shape index (κ3) is 4.62. The van der Waals surface area contributed by atoms with E-state index in [-0.39, 0.29) is 33.0 Å². The summed E-state index contributed by atoms with van der Waals surface area (Å²) in [5.74, 6) is 0.259. The fourth-order valence-corrected chi connectivity index (χ4v) is 4.06. The number of rotatable bonds is 4. The molecule has 4 rings (SSSR count). The summed E-state index contributed by atoms with van der Waals surface area (Å²) in [4.78, 5) is 27.7. The van der Waals surface area contributed by atoms with E-state index in [1.807, 2.05) is 0 Å². The molecule has 1 aliphatic heterocycles. The standard InChI is InChI=1S/C20H10Cl3N3O4S/c21-10-4-6-12(15(8-10)26(28)29)16-7-5-11(30-16)9-17-19(27)25-20(31-17)24-14-3-1-2-13(22)18(14)23/h1-9H,(H,24,25,27)/b17-9+. The van der Waals surface area contributed by atoms with E-state index in [2.05, 4.69) is 10.3 Å². The van der Waals surface area contributed by atoms with Crippen LogP contribution in [-0.2, 0) is 4.79 Å². The zero-order valence-electron chi connectivity index (χ0n) is 15.3. The van der Waals surface area contributed by atoms with E-state index in [4.69, 9.17) is 39.2 Å². The lowest BCUT2D eigenvalue weighted by Gasteiger charge is -2.00. The van der Waals surface area contributed by atoms with Crippen molar-refractivity contribution in [2.75, 3.05) is 0 Å². The molecule has 2 aromatic carbocycles. The Hall–Kier alpha value is -2.78. The van der Waals surface area contributed by atoms with Crippen molar-refractivity contribution in [3.05, 3.63) is 84.4 Å². The van der Waals surface area contributed by atoms with E-state index in [9.17, 15) is 14.9 Å². The van der Waals surface area contributed by atoms with Crippen LogP contribution in [-0.4, -0.2) is 16.0 Å². The first kappa shape index (κ1) is 21.5. The van der Waals surface area contributed by atoms with Gasteiger partial charge < -0.3 is 9.73 Å². The number of thioether (sulfide) groups is 1. The minimum atomic E-state index is -0.536. The zero-order chi connectivity index (χ0) is 22.1. The molecule has 1 aliphatic rings. The molecule has 1 fully saturated rings. The molecule has 1 saturated heterocycles. The maximum absolute atomic E-state index is 12.3. The fraction of sp³-hybridized carbons (Fsp3) is 0. The van der Waals surface area contributed by atoms with Crippen molar-refractivity contribution in [1.82, 2.24) is 5.32 Å². The number of hydrogen-bond donors (Lipinski definition) is 1. The maximum Gasteiger partial charge on any atom is 0.281 e. The Labute approximate surface area is 194 Å². The molecule has 0 radical (unpaired) electrons. The van der Waals surface area contributed by atoms with Gasteiger partial charge in [-0.2, -0.15) is 0 Å². The van der Waals surface area contributed by atoms with E-state index in [0.29, 0.717) is 26.5 Å². The van der Waals surface area contributed by atoms with Gasteiger partial charge in [-0.05, 0) is 48.2 Å². The van der Waals surface area contributed by atoms with Crippen molar-refractivity contribution < 1.29 is 14.1 Å². The second kappa shape index (κ2) is 8.76. The van der Waals surface area contributed by atoms with Gasteiger partial charge in [0, 0.05) is 17.2 Å². The maximum atomic E-state index is 12.3. The number of nitro benzene ring substituents is 1. The van der Waals surface area contributed by atoms with Crippen LogP contribution in [0, 0.1) is 10.1 Å². The van der Waals surface area contributed by atoms with Crippen molar-refractivity contribution >= 4 is 75.1 Å². The van der Waals surface area contributed by atoms with E-state index in [1.165, 1.54) is 24.3 Å². The number of nitrogens with one attached hydrogen (secondary N) is 1. The van der Waals surface area contributed by atoms with Crippen LogP contribution in [0.2, 0.25) is 15.1 Å². The highest BCUT2D eigenvalue weighted by Crippen LogP contribution is 2.36. The summed E-state index contributed by atoms with van der Waals surface area (Å²) in [6.45, 7) is 0. The molecule has 0 bridgehead atoms. The monoisotopic (exact) mass is 493 g/mol. The van der Waals surface area contributed by atoms with Crippen LogP contribution in [0.15, 0.2) is 62.8 Å². The number of furan rings is 1. The quantitative estimate of drug-likeness (QED) is 0.247. The predicted molar refractivity (Wildman–Crippen MR) is 123 cm³/mol. The van der Waals surface area contributed by atoms with Gasteiger partial charge in [-0.25, -0.2) is 4.99 Å². The molecular weight excluding hydrogens is 485 g/mol. The highest BCUT2D eigenvalue weighted by Gasteiger charge is 2.25. The highest BCUT2D eigenvalue weighted by atomic mass is 35.5. The van der Waals surface area contributed by atoms with Crippen molar-refractivity contribution in [1.29, 1.82) is 0 Å². The Kier molecular flexibility index (Phi) is 6.06. The average molecular weight is 495 g/mol. The molecule has 0 unspecified atom stereocenters. The number of carbonyl (C=O) groups excluding carboxylic acids is 1. The van der Waals surface area contributed by atoms with E-state index >= 15 is 0 Å². The topological polar surface area (TPSA) is 97.7 Å². The van der Waals surface area contributed by atoms with Crippen LogP contribution in [0.4, 0.5) is 11.4 Å².